The second-order valence-electron chi connectivity index (χ2n) is 6.36. The van der Waals surface area contributed by atoms with Crippen LogP contribution in [-0.4, -0.2) is 25.7 Å². The van der Waals surface area contributed by atoms with Crippen molar-refractivity contribution < 1.29 is 14.3 Å². The molecule has 0 fully saturated rings. The molecule has 2 rings (SSSR count). The maximum atomic E-state index is 11.8. The van der Waals surface area contributed by atoms with Crippen LogP contribution in [0.15, 0.2) is 54.6 Å². The first-order valence-electron chi connectivity index (χ1n) is 8.99. The van der Waals surface area contributed by atoms with Crippen LogP contribution in [0.2, 0.25) is 0 Å². The molecular weight excluding hydrogens is 328 g/mol. The molecule has 5 nitrogen and oxygen atoms in total. The quantitative estimate of drug-likeness (QED) is 0.478. The lowest BCUT2D eigenvalue weighted by Gasteiger charge is -2.13. The van der Waals surface area contributed by atoms with Crippen LogP contribution < -0.4 is 15.8 Å². The van der Waals surface area contributed by atoms with Crippen molar-refractivity contribution >= 4 is 5.97 Å². The molecule has 0 radical (unpaired) electrons. The number of ether oxygens (including phenoxy) is 2. The Morgan fingerprint density at radius 1 is 1.08 bits per heavy atom. The number of esters is 1. The Bertz CT molecular complexity index is 661. The van der Waals surface area contributed by atoms with Crippen molar-refractivity contribution in [3.05, 3.63) is 65.7 Å². The number of hydrogen-bond acceptors (Lipinski definition) is 5. The molecule has 0 aromatic heterocycles. The van der Waals surface area contributed by atoms with E-state index in [1.807, 2.05) is 55.5 Å². The monoisotopic (exact) mass is 356 g/mol. The van der Waals surface area contributed by atoms with Crippen LogP contribution >= 0.6 is 0 Å². The highest BCUT2D eigenvalue weighted by atomic mass is 16.5. The molecule has 0 aliphatic heterocycles. The Morgan fingerprint density at radius 3 is 2.62 bits per heavy atom. The second-order valence-corrected chi connectivity index (χ2v) is 6.36. The normalized spacial score (nSPS) is 11.8. The van der Waals surface area contributed by atoms with Gasteiger partial charge in [-0.2, -0.15) is 0 Å². The van der Waals surface area contributed by atoms with Gasteiger partial charge in [-0.15, -0.1) is 0 Å². The van der Waals surface area contributed by atoms with Crippen molar-refractivity contribution in [3.63, 3.8) is 0 Å². The first-order valence-corrected chi connectivity index (χ1v) is 8.99. The van der Waals surface area contributed by atoms with Crippen LogP contribution in [0, 0.1) is 5.92 Å². The minimum atomic E-state index is -0.195. The minimum absolute atomic E-state index is 0.145. The Kier molecular flexibility index (Phi) is 8.66. The predicted molar refractivity (Wildman–Crippen MR) is 103 cm³/mol. The second kappa shape index (κ2) is 11.3. The molecule has 0 heterocycles. The van der Waals surface area contributed by atoms with Gasteiger partial charge in [0.15, 0.2) is 0 Å². The van der Waals surface area contributed by atoms with Crippen LogP contribution in [0.25, 0.3) is 0 Å². The molecule has 0 spiro atoms. The van der Waals surface area contributed by atoms with E-state index in [4.69, 9.17) is 15.2 Å². The van der Waals surface area contributed by atoms with Crippen molar-refractivity contribution in [2.24, 2.45) is 11.7 Å². The number of hydrogen-bond donors (Lipinski definition) is 2. The summed E-state index contributed by atoms with van der Waals surface area (Å²) < 4.78 is 11.0. The summed E-state index contributed by atoms with van der Waals surface area (Å²) in [4.78, 5) is 11.8. The van der Waals surface area contributed by atoms with Gasteiger partial charge in [-0.25, -0.2) is 0 Å². The molecule has 3 N–H and O–H groups in total. The van der Waals surface area contributed by atoms with E-state index in [9.17, 15) is 4.79 Å². The van der Waals surface area contributed by atoms with Crippen molar-refractivity contribution in [1.29, 1.82) is 0 Å². The number of rotatable bonds is 11. The largest absolute Gasteiger partial charge is 0.493 e. The lowest BCUT2D eigenvalue weighted by molar-refractivity contribution is -0.145. The van der Waals surface area contributed by atoms with E-state index in [0.717, 1.165) is 16.9 Å². The molecule has 0 amide bonds. The topological polar surface area (TPSA) is 73.6 Å². The van der Waals surface area contributed by atoms with Crippen LogP contribution in [0.1, 0.15) is 24.5 Å². The van der Waals surface area contributed by atoms with Gasteiger partial charge in [0.25, 0.3) is 0 Å². The first-order chi connectivity index (χ1) is 12.7. The van der Waals surface area contributed by atoms with E-state index in [1.54, 1.807) is 0 Å². The van der Waals surface area contributed by atoms with Crippen molar-refractivity contribution in [1.82, 2.24) is 5.32 Å². The summed E-state index contributed by atoms with van der Waals surface area (Å²) in [5.41, 5.74) is 7.90. The molecule has 0 aliphatic rings. The molecule has 1 atom stereocenters. The third-order valence-electron chi connectivity index (χ3n) is 3.87. The average Bonchev–Trinajstić information content (AvgIpc) is 2.69. The summed E-state index contributed by atoms with van der Waals surface area (Å²) in [6, 6.07) is 17.7. The zero-order valence-corrected chi connectivity index (χ0v) is 15.3. The van der Waals surface area contributed by atoms with Gasteiger partial charge in [-0.3, -0.25) is 4.79 Å². The van der Waals surface area contributed by atoms with Gasteiger partial charge in [0.05, 0.1) is 19.6 Å². The molecule has 26 heavy (non-hydrogen) atoms. The number of nitrogens with two attached hydrogens (primary N) is 1. The lowest BCUT2D eigenvalue weighted by atomic mass is 10.1. The number of benzene rings is 2. The average molecular weight is 356 g/mol. The summed E-state index contributed by atoms with van der Waals surface area (Å²) in [6.07, 6.45) is 0.350. The van der Waals surface area contributed by atoms with E-state index >= 15 is 0 Å². The van der Waals surface area contributed by atoms with Gasteiger partial charge < -0.3 is 20.5 Å². The Balaban J connectivity index is 1.55. The standard InChI is InChI=1S/C21H28N2O3/c1-17(15-25-20-8-3-2-4-9-20)16-26-21(24)10-11-23-14-19-7-5-6-18(12-19)13-22/h2-9,12,17,23H,10-11,13-16,22H2,1H3. The van der Waals surface area contributed by atoms with Crippen molar-refractivity contribution in [2.75, 3.05) is 19.8 Å². The zero-order valence-electron chi connectivity index (χ0n) is 15.3. The summed E-state index contributed by atoms with van der Waals surface area (Å²) in [5, 5.41) is 3.25. The molecule has 0 saturated carbocycles. The van der Waals surface area contributed by atoms with Gasteiger partial charge in [-0.1, -0.05) is 49.4 Å². The zero-order chi connectivity index (χ0) is 18.6. The van der Waals surface area contributed by atoms with Crippen LogP contribution in [0.5, 0.6) is 5.75 Å². The minimum Gasteiger partial charge on any atom is -0.493 e. The summed E-state index contributed by atoms with van der Waals surface area (Å²) in [7, 11) is 0. The fourth-order valence-corrected chi connectivity index (χ4v) is 2.40. The van der Waals surface area contributed by atoms with Gasteiger partial charge >= 0.3 is 5.97 Å². The first kappa shape index (κ1) is 19.9. The molecule has 0 aliphatic carbocycles. The van der Waals surface area contributed by atoms with Crippen LogP contribution in [0.4, 0.5) is 0 Å². The molecule has 5 heteroatoms. The fourth-order valence-electron chi connectivity index (χ4n) is 2.40. The highest BCUT2D eigenvalue weighted by Crippen LogP contribution is 2.10. The van der Waals surface area contributed by atoms with Gasteiger partial charge in [0, 0.05) is 25.6 Å². The summed E-state index contributed by atoms with van der Waals surface area (Å²) in [6.45, 7) is 4.71. The Hall–Kier alpha value is -2.37. The SMILES string of the molecule is CC(COC(=O)CCNCc1cccc(CN)c1)COc1ccccc1. The molecule has 2 aromatic rings. The molecule has 2 aromatic carbocycles. The van der Waals surface area contributed by atoms with Gasteiger partial charge in [0.1, 0.15) is 5.75 Å². The van der Waals surface area contributed by atoms with E-state index in [2.05, 4.69) is 11.4 Å². The van der Waals surface area contributed by atoms with Gasteiger partial charge in [-0.05, 0) is 23.3 Å². The van der Waals surface area contributed by atoms with Crippen molar-refractivity contribution in [2.45, 2.75) is 26.4 Å². The van der Waals surface area contributed by atoms with Crippen molar-refractivity contribution in [3.8, 4) is 5.75 Å². The number of para-hydroxylation sites is 1. The van der Waals surface area contributed by atoms with Crippen LogP contribution in [0.3, 0.4) is 0 Å². The fraction of sp³-hybridized carbons (Fsp3) is 0.381. The smallest absolute Gasteiger partial charge is 0.307 e. The molecular formula is C21H28N2O3. The summed E-state index contributed by atoms with van der Waals surface area (Å²) >= 11 is 0. The highest BCUT2D eigenvalue weighted by Gasteiger charge is 2.08. The molecule has 1 unspecified atom stereocenters. The van der Waals surface area contributed by atoms with E-state index in [-0.39, 0.29) is 11.9 Å². The maximum absolute atomic E-state index is 11.8. The molecule has 0 bridgehead atoms. The predicted octanol–water partition coefficient (Wildman–Crippen LogP) is 2.88. The number of nitrogens with one attached hydrogen (secondary N) is 1. The van der Waals surface area contributed by atoms with Gasteiger partial charge in [0.2, 0.25) is 0 Å². The Labute approximate surface area is 155 Å². The van der Waals surface area contributed by atoms with Crippen LogP contribution in [-0.2, 0) is 22.6 Å². The van der Waals surface area contributed by atoms with E-state index in [1.165, 1.54) is 0 Å². The highest BCUT2D eigenvalue weighted by molar-refractivity contribution is 5.69. The van der Waals surface area contributed by atoms with E-state index < -0.39 is 0 Å². The third kappa shape index (κ3) is 7.68. The summed E-state index contributed by atoms with van der Waals surface area (Å²) in [5.74, 6) is 0.777. The lowest BCUT2D eigenvalue weighted by Crippen LogP contribution is -2.22. The maximum Gasteiger partial charge on any atom is 0.307 e. The molecule has 140 valence electrons. The Morgan fingerprint density at radius 2 is 1.85 bits per heavy atom. The van der Waals surface area contributed by atoms with E-state index in [0.29, 0.717) is 39.3 Å². The molecule has 0 saturated heterocycles. The number of carbonyl (C=O) groups excluding carboxylic acids is 1. The third-order valence-corrected chi connectivity index (χ3v) is 3.87. The number of carbonyl (C=O) groups is 1.